The van der Waals surface area contributed by atoms with Gasteiger partial charge in [-0.1, -0.05) is 42.5 Å². The molecule has 0 bridgehead atoms. The molecule has 0 aliphatic carbocycles. The van der Waals surface area contributed by atoms with Gasteiger partial charge in [0.1, 0.15) is 6.04 Å². The Morgan fingerprint density at radius 1 is 1.14 bits per heavy atom. The van der Waals surface area contributed by atoms with Crippen LogP contribution in [0.3, 0.4) is 0 Å². The number of aromatic nitrogens is 2. The molecule has 3 aromatic rings. The molecular weight excluding hydrogens is 362 g/mol. The predicted molar refractivity (Wildman–Crippen MR) is 114 cm³/mol. The van der Waals surface area contributed by atoms with Crippen LogP contribution >= 0.6 is 0 Å². The first-order valence-electron chi connectivity index (χ1n) is 9.98. The van der Waals surface area contributed by atoms with Gasteiger partial charge in [-0.15, -0.1) is 0 Å². The summed E-state index contributed by atoms with van der Waals surface area (Å²) in [6.45, 7) is 2.48. The molecule has 1 aromatic heterocycles. The lowest BCUT2D eigenvalue weighted by Crippen LogP contribution is -2.35. The molecular formula is C23H27N5O. The number of hydrogen-bond donors (Lipinski definition) is 2. The quantitative estimate of drug-likeness (QED) is 0.652. The molecule has 1 aliphatic heterocycles. The second kappa shape index (κ2) is 8.49. The summed E-state index contributed by atoms with van der Waals surface area (Å²) in [5, 5.41) is 10.2. The minimum atomic E-state index is -0.404. The second-order valence-corrected chi connectivity index (χ2v) is 7.50. The molecule has 1 aliphatic rings. The van der Waals surface area contributed by atoms with E-state index in [2.05, 4.69) is 69.2 Å². The van der Waals surface area contributed by atoms with Crippen LogP contribution < -0.4 is 15.5 Å². The maximum atomic E-state index is 12.6. The number of para-hydroxylation sites is 1. The maximum Gasteiger partial charge on any atom is 0.242 e. The first-order chi connectivity index (χ1) is 14.1. The van der Waals surface area contributed by atoms with Crippen LogP contribution in [0.5, 0.6) is 0 Å². The SMILES string of the molecule is CNC(C(=O)NCc1ccc(CN2CCc3ccccc32)cc1)c1cnn(C)c1. The molecule has 6 heteroatoms. The lowest BCUT2D eigenvalue weighted by atomic mass is 10.1. The Morgan fingerprint density at radius 2 is 1.90 bits per heavy atom. The highest BCUT2D eigenvalue weighted by Crippen LogP contribution is 2.28. The third kappa shape index (κ3) is 4.32. The Kier molecular flexibility index (Phi) is 5.62. The van der Waals surface area contributed by atoms with Crippen molar-refractivity contribution in [1.29, 1.82) is 0 Å². The number of nitrogens with zero attached hydrogens (tertiary/aromatic N) is 3. The molecule has 1 atom stereocenters. The number of amides is 1. The van der Waals surface area contributed by atoms with Crippen molar-refractivity contribution < 1.29 is 4.79 Å². The average molecular weight is 390 g/mol. The average Bonchev–Trinajstić information content (AvgIpc) is 3.35. The molecule has 29 heavy (non-hydrogen) atoms. The summed E-state index contributed by atoms with van der Waals surface area (Å²) in [7, 11) is 3.62. The van der Waals surface area contributed by atoms with Gasteiger partial charge in [0.15, 0.2) is 0 Å². The van der Waals surface area contributed by atoms with Gasteiger partial charge in [-0.25, -0.2) is 0 Å². The third-order valence-electron chi connectivity index (χ3n) is 5.46. The zero-order valence-corrected chi connectivity index (χ0v) is 16.9. The lowest BCUT2D eigenvalue weighted by Gasteiger charge is -2.19. The van der Waals surface area contributed by atoms with Crippen molar-refractivity contribution >= 4 is 11.6 Å². The van der Waals surface area contributed by atoms with E-state index < -0.39 is 6.04 Å². The zero-order chi connectivity index (χ0) is 20.2. The number of hydrogen-bond acceptors (Lipinski definition) is 4. The monoisotopic (exact) mass is 389 g/mol. The molecule has 2 N–H and O–H groups in total. The summed E-state index contributed by atoms with van der Waals surface area (Å²) in [6, 6.07) is 16.7. The Hall–Kier alpha value is -3.12. The summed E-state index contributed by atoms with van der Waals surface area (Å²) in [4.78, 5) is 15.0. The fraction of sp³-hybridized carbons (Fsp3) is 0.304. The topological polar surface area (TPSA) is 62.2 Å². The summed E-state index contributed by atoms with van der Waals surface area (Å²) in [5.41, 5.74) is 6.00. The van der Waals surface area contributed by atoms with Crippen LogP contribution in [-0.2, 0) is 31.4 Å². The molecule has 2 aromatic carbocycles. The summed E-state index contributed by atoms with van der Waals surface area (Å²) < 4.78 is 1.70. The normalized spacial score (nSPS) is 13.9. The fourth-order valence-electron chi connectivity index (χ4n) is 3.88. The van der Waals surface area contributed by atoms with Crippen LogP contribution in [0.15, 0.2) is 60.9 Å². The molecule has 0 saturated heterocycles. The van der Waals surface area contributed by atoms with Crippen LogP contribution in [0.2, 0.25) is 0 Å². The van der Waals surface area contributed by atoms with Crippen LogP contribution in [-0.4, -0.2) is 29.3 Å². The van der Waals surface area contributed by atoms with Crippen LogP contribution in [0.25, 0.3) is 0 Å². The van der Waals surface area contributed by atoms with Crippen LogP contribution in [0, 0.1) is 0 Å². The van der Waals surface area contributed by atoms with Gasteiger partial charge in [-0.3, -0.25) is 9.48 Å². The summed E-state index contributed by atoms with van der Waals surface area (Å²) >= 11 is 0. The number of nitrogens with one attached hydrogen (secondary N) is 2. The van der Waals surface area contributed by atoms with Gasteiger partial charge < -0.3 is 15.5 Å². The van der Waals surface area contributed by atoms with Crippen molar-refractivity contribution in [2.45, 2.75) is 25.6 Å². The standard InChI is InChI=1S/C23H27N5O/c1-24-22(20-14-26-27(2)16-20)23(29)25-13-17-7-9-18(10-8-17)15-28-12-11-19-5-3-4-6-21(19)28/h3-10,14,16,22,24H,11-13,15H2,1-2H3,(H,25,29). The molecule has 150 valence electrons. The molecule has 1 amide bonds. The number of carbonyl (C=O) groups excluding carboxylic acids is 1. The van der Waals surface area contributed by atoms with E-state index in [9.17, 15) is 4.79 Å². The van der Waals surface area contributed by atoms with Gasteiger partial charge in [-0.2, -0.15) is 5.10 Å². The Labute approximate surface area is 171 Å². The number of aryl methyl sites for hydroxylation is 1. The zero-order valence-electron chi connectivity index (χ0n) is 16.9. The van der Waals surface area contributed by atoms with Crippen molar-refractivity contribution in [3.05, 3.63) is 83.2 Å². The van der Waals surface area contributed by atoms with Gasteiger partial charge in [0.25, 0.3) is 0 Å². The molecule has 2 heterocycles. The molecule has 4 rings (SSSR count). The molecule has 1 unspecified atom stereocenters. The first kappa shape index (κ1) is 19.2. The number of anilines is 1. The first-order valence-corrected chi connectivity index (χ1v) is 9.98. The Morgan fingerprint density at radius 3 is 2.62 bits per heavy atom. The number of likely N-dealkylation sites (N-methyl/N-ethyl adjacent to an activating group) is 1. The highest BCUT2D eigenvalue weighted by molar-refractivity contribution is 5.83. The smallest absolute Gasteiger partial charge is 0.242 e. The molecule has 0 radical (unpaired) electrons. The van der Waals surface area contributed by atoms with Crippen molar-refractivity contribution in [3.63, 3.8) is 0 Å². The number of fused-ring (bicyclic) bond motifs is 1. The van der Waals surface area contributed by atoms with Crippen molar-refractivity contribution in [1.82, 2.24) is 20.4 Å². The van der Waals surface area contributed by atoms with Gasteiger partial charge in [0.05, 0.1) is 6.20 Å². The molecule has 6 nitrogen and oxygen atoms in total. The molecule has 0 spiro atoms. The Balaban J connectivity index is 1.33. The predicted octanol–water partition coefficient (Wildman–Crippen LogP) is 2.56. The number of carbonyl (C=O) groups is 1. The number of benzene rings is 2. The highest BCUT2D eigenvalue weighted by Gasteiger charge is 2.20. The van der Waals surface area contributed by atoms with E-state index in [4.69, 9.17) is 0 Å². The fourth-order valence-corrected chi connectivity index (χ4v) is 3.88. The van der Waals surface area contributed by atoms with E-state index in [0.29, 0.717) is 6.54 Å². The van der Waals surface area contributed by atoms with E-state index in [1.807, 2.05) is 13.2 Å². The van der Waals surface area contributed by atoms with E-state index in [-0.39, 0.29) is 5.91 Å². The van der Waals surface area contributed by atoms with Gasteiger partial charge in [0.2, 0.25) is 5.91 Å². The highest BCUT2D eigenvalue weighted by atomic mass is 16.2. The van der Waals surface area contributed by atoms with E-state index in [1.165, 1.54) is 16.8 Å². The minimum Gasteiger partial charge on any atom is -0.367 e. The molecule has 0 saturated carbocycles. The maximum absolute atomic E-state index is 12.6. The van der Waals surface area contributed by atoms with E-state index >= 15 is 0 Å². The van der Waals surface area contributed by atoms with Crippen LogP contribution in [0.1, 0.15) is 28.3 Å². The lowest BCUT2D eigenvalue weighted by molar-refractivity contribution is -0.123. The second-order valence-electron chi connectivity index (χ2n) is 7.50. The van der Waals surface area contributed by atoms with Gasteiger partial charge >= 0.3 is 0 Å². The number of rotatable bonds is 7. The van der Waals surface area contributed by atoms with Crippen molar-refractivity contribution in [2.24, 2.45) is 7.05 Å². The molecule has 0 fully saturated rings. The van der Waals surface area contributed by atoms with E-state index in [1.54, 1.807) is 17.9 Å². The van der Waals surface area contributed by atoms with E-state index in [0.717, 1.165) is 30.6 Å². The third-order valence-corrected chi connectivity index (χ3v) is 5.46. The summed E-state index contributed by atoms with van der Waals surface area (Å²) in [6.07, 6.45) is 4.68. The van der Waals surface area contributed by atoms with Crippen molar-refractivity contribution in [3.8, 4) is 0 Å². The van der Waals surface area contributed by atoms with Gasteiger partial charge in [0, 0.05) is 44.1 Å². The largest absolute Gasteiger partial charge is 0.367 e. The summed E-state index contributed by atoms with van der Waals surface area (Å²) in [5.74, 6) is -0.0572. The van der Waals surface area contributed by atoms with Crippen molar-refractivity contribution in [2.75, 3.05) is 18.5 Å². The van der Waals surface area contributed by atoms with Gasteiger partial charge in [-0.05, 0) is 36.2 Å². The minimum absolute atomic E-state index is 0.0572. The Bertz CT molecular complexity index is 979. The van der Waals surface area contributed by atoms with Crippen LogP contribution in [0.4, 0.5) is 5.69 Å².